The standard InChI is InChI=1S/C17H19Cl2N3O2.HI/c1-23-15-7-6-11(10-16(15)24-2)22-17(20)21-9-8-12-13(18)4-3-5-14(12)19;/h3-7,10H,8-9H2,1-2H3,(H3,20,21,22);1H. The molecule has 0 saturated heterocycles. The smallest absolute Gasteiger partial charge is 0.193 e. The maximum atomic E-state index is 6.13. The number of hydrogen-bond acceptors (Lipinski definition) is 3. The topological polar surface area (TPSA) is 68.9 Å². The highest BCUT2D eigenvalue weighted by atomic mass is 127. The van der Waals surface area contributed by atoms with E-state index in [2.05, 4.69) is 10.3 Å². The third-order valence-corrected chi connectivity index (χ3v) is 4.07. The van der Waals surface area contributed by atoms with E-state index in [9.17, 15) is 0 Å². The highest BCUT2D eigenvalue weighted by Gasteiger charge is 2.06. The molecule has 0 saturated carbocycles. The number of nitrogens with zero attached hydrogens (tertiary/aromatic N) is 1. The first-order valence-corrected chi connectivity index (χ1v) is 8.02. The van der Waals surface area contributed by atoms with Crippen molar-refractivity contribution in [2.75, 3.05) is 26.1 Å². The minimum Gasteiger partial charge on any atom is -0.493 e. The van der Waals surface area contributed by atoms with E-state index in [1.165, 1.54) is 0 Å². The van der Waals surface area contributed by atoms with Gasteiger partial charge in [0.25, 0.3) is 0 Å². The fourth-order valence-electron chi connectivity index (χ4n) is 2.16. The van der Waals surface area contributed by atoms with Crippen molar-refractivity contribution >= 4 is 58.8 Å². The molecule has 0 fully saturated rings. The summed E-state index contributed by atoms with van der Waals surface area (Å²) in [6.45, 7) is 0.468. The van der Waals surface area contributed by atoms with Crippen LogP contribution in [-0.4, -0.2) is 26.7 Å². The van der Waals surface area contributed by atoms with Crippen LogP contribution in [0, 0.1) is 0 Å². The first kappa shape index (κ1) is 21.7. The summed E-state index contributed by atoms with van der Waals surface area (Å²) in [6.07, 6.45) is 0.604. The number of benzene rings is 2. The predicted molar refractivity (Wildman–Crippen MR) is 115 cm³/mol. The average molecular weight is 496 g/mol. The van der Waals surface area contributed by atoms with Gasteiger partial charge in [-0.15, -0.1) is 24.0 Å². The zero-order chi connectivity index (χ0) is 17.5. The van der Waals surface area contributed by atoms with E-state index in [1.54, 1.807) is 38.5 Å². The largest absolute Gasteiger partial charge is 0.493 e. The Morgan fingerprint density at radius 1 is 1.08 bits per heavy atom. The summed E-state index contributed by atoms with van der Waals surface area (Å²) < 4.78 is 10.4. The molecule has 0 aliphatic carbocycles. The van der Waals surface area contributed by atoms with Crippen LogP contribution in [0.2, 0.25) is 10.0 Å². The second-order valence-corrected chi connectivity index (χ2v) is 5.73. The third-order valence-electron chi connectivity index (χ3n) is 3.36. The van der Waals surface area contributed by atoms with Gasteiger partial charge in [-0.1, -0.05) is 29.3 Å². The predicted octanol–water partition coefficient (Wildman–Crippen LogP) is 4.60. The van der Waals surface area contributed by atoms with Crippen LogP contribution in [0.3, 0.4) is 0 Å². The number of halogens is 3. The molecule has 0 aliphatic heterocycles. The summed E-state index contributed by atoms with van der Waals surface area (Å²) in [7, 11) is 3.16. The summed E-state index contributed by atoms with van der Waals surface area (Å²) in [4.78, 5) is 4.29. The molecule has 3 N–H and O–H groups in total. The van der Waals surface area contributed by atoms with Gasteiger partial charge in [0.05, 0.1) is 14.2 Å². The molecule has 0 aliphatic rings. The van der Waals surface area contributed by atoms with Crippen molar-refractivity contribution in [1.82, 2.24) is 0 Å². The maximum absolute atomic E-state index is 6.13. The molecule has 0 aromatic heterocycles. The molecule has 8 heteroatoms. The highest BCUT2D eigenvalue weighted by Crippen LogP contribution is 2.29. The van der Waals surface area contributed by atoms with E-state index < -0.39 is 0 Å². The van der Waals surface area contributed by atoms with Gasteiger partial charge in [0.1, 0.15) is 0 Å². The molecular formula is C17H20Cl2IN3O2. The van der Waals surface area contributed by atoms with Crippen LogP contribution in [0.25, 0.3) is 0 Å². The molecule has 25 heavy (non-hydrogen) atoms. The lowest BCUT2D eigenvalue weighted by Crippen LogP contribution is -2.23. The lowest BCUT2D eigenvalue weighted by atomic mass is 10.1. The summed E-state index contributed by atoms with van der Waals surface area (Å²) in [5, 5.41) is 4.27. The van der Waals surface area contributed by atoms with Crippen molar-refractivity contribution in [3.05, 3.63) is 52.0 Å². The summed E-state index contributed by atoms with van der Waals surface area (Å²) >= 11 is 12.3. The molecule has 0 heterocycles. The van der Waals surface area contributed by atoms with Crippen LogP contribution >= 0.6 is 47.2 Å². The maximum Gasteiger partial charge on any atom is 0.193 e. The number of nitrogens with one attached hydrogen (secondary N) is 1. The van der Waals surface area contributed by atoms with Gasteiger partial charge in [0.2, 0.25) is 0 Å². The van der Waals surface area contributed by atoms with Crippen molar-refractivity contribution in [2.45, 2.75) is 6.42 Å². The Morgan fingerprint density at radius 3 is 2.32 bits per heavy atom. The number of methoxy groups -OCH3 is 2. The van der Waals surface area contributed by atoms with Gasteiger partial charge in [0, 0.05) is 28.3 Å². The van der Waals surface area contributed by atoms with E-state index in [-0.39, 0.29) is 24.0 Å². The normalized spacial score (nSPS) is 10.8. The number of hydrogen-bond donors (Lipinski definition) is 2. The monoisotopic (exact) mass is 495 g/mol. The van der Waals surface area contributed by atoms with E-state index >= 15 is 0 Å². The minimum absolute atomic E-state index is 0. The number of aliphatic imine (C=N–C) groups is 1. The van der Waals surface area contributed by atoms with Crippen molar-refractivity contribution in [3.63, 3.8) is 0 Å². The van der Waals surface area contributed by atoms with E-state index in [0.29, 0.717) is 40.5 Å². The second kappa shape index (κ2) is 10.6. The Labute approximate surface area is 174 Å². The van der Waals surface area contributed by atoms with Crippen LogP contribution in [-0.2, 0) is 6.42 Å². The van der Waals surface area contributed by atoms with Crippen molar-refractivity contribution in [1.29, 1.82) is 0 Å². The Morgan fingerprint density at radius 2 is 1.72 bits per heavy atom. The Balaban J connectivity index is 0.00000312. The number of guanidine groups is 1. The van der Waals surface area contributed by atoms with Crippen molar-refractivity contribution < 1.29 is 9.47 Å². The minimum atomic E-state index is 0. The molecule has 2 aromatic rings. The SMILES string of the molecule is COc1ccc(NC(N)=NCCc2c(Cl)cccc2Cl)cc1OC.I. The Kier molecular flexibility index (Phi) is 9.16. The zero-order valence-corrected chi connectivity index (χ0v) is 17.7. The number of rotatable bonds is 6. The average Bonchev–Trinajstić information content (AvgIpc) is 2.57. The lowest BCUT2D eigenvalue weighted by Gasteiger charge is -2.11. The van der Waals surface area contributed by atoms with Crippen molar-refractivity contribution in [2.24, 2.45) is 10.7 Å². The Bertz CT molecular complexity index is 722. The third kappa shape index (κ3) is 6.13. The number of ether oxygens (including phenoxy) is 2. The van der Waals surface area contributed by atoms with Crippen LogP contribution in [0.5, 0.6) is 11.5 Å². The van der Waals surface area contributed by atoms with Crippen LogP contribution in [0.15, 0.2) is 41.4 Å². The fraction of sp³-hybridized carbons (Fsp3) is 0.235. The van der Waals surface area contributed by atoms with Gasteiger partial charge in [-0.2, -0.15) is 0 Å². The highest BCUT2D eigenvalue weighted by molar-refractivity contribution is 14.0. The van der Waals surface area contributed by atoms with Gasteiger partial charge < -0.3 is 20.5 Å². The van der Waals surface area contributed by atoms with Gasteiger partial charge in [0.15, 0.2) is 17.5 Å². The second-order valence-electron chi connectivity index (χ2n) is 4.91. The quantitative estimate of drug-likeness (QED) is 0.349. The van der Waals surface area contributed by atoms with Crippen LogP contribution in [0.1, 0.15) is 5.56 Å². The van der Waals surface area contributed by atoms with Crippen LogP contribution < -0.4 is 20.5 Å². The zero-order valence-electron chi connectivity index (χ0n) is 13.9. The lowest BCUT2D eigenvalue weighted by molar-refractivity contribution is 0.355. The first-order valence-electron chi connectivity index (χ1n) is 7.27. The molecular weight excluding hydrogens is 476 g/mol. The van der Waals surface area contributed by atoms with Gasteiger partial charge in [-0.3, -0.25) is 4.99 Å². The van der Waals surface area contributed by atoms with Gasteiger partial charge in [-0.25, -0.2) is 0 Å². The molecule has 0 radical (unpaired) electrons. The summed E-state index contributed by atoms with van der Waals surface area (Å²) in [5.74, 6) is 1.55. The van der Waals surface area contributed by atoms with E-state index in [4.69, 9.17) is 38.4 Å². The molecule has 0 atom stereocenters. The summed E-state index contributed by atoms with van der Waals surface area (Å²) in [6, 6.07) is 10.8. The first-order chi connectivity index (χ1) is 11.5. The molecule has 0 spiro atoms. The molecule has 2 aromatic carbocycles. The number of nitrogens with two attached hydrogens (primary N) is 1. The molecule has 0 unspecified atom stereocenters. The molecule has 136 valence electrons. The Hall–Kier alpha value is -1.38. The molecule has 2 rings (SSSR count). The number of anilines is 1. The molecule has 0 bridgehead atoms. The van der Waals surface area contributed by atoms with Gasteiger partial charge >= 0.3 is 0 Å². The van der Waals surface area contributed by atoms with Crippen molar-refractivity contribution in [3.8, 4) is 11.5 Å². The van der Waals surface area contributed by atoms with E-state index in [1.807, 2.05) is 12.1 Å². The summed E-state index contributed by atoms with van der Waals surface area (Å²) in [5.41, 5.74) is 7.53. The molecule has 0 amide bonds. The molecule has 5 nitrogen and oxygen atoms in total. The van der Waals surface area contributed by atoms with Crippen LogP contribution in [0.4, 0.5) is 5.69 Å². The van der Waals surface area contributed by atoms with E-state index in [0.717, 1.165) is 11.3 Å². The van der Waals surface area contributed by atoms with Gasteiger partial charge in [-0.05, 0) is 36.2 Å². The fourth-order valence-corrected chi connectivity index (χ4v) is 2.75.